The Kier molecular flexibility index (Phi) is 3.70. The lowest BCUT2D eigenvalue weighted by molar-refractivity contribution is -0.121. The van der Waals surface area contributed by atoms with E-state index in [1.54, 1.807) is 18.2 Å². The Bertz CT molecular complexity index is 632. The summed E-state index contributed by atoms with van der Waals surface area (Å²) >= 11 is 1.09. The van der Waals surface area contributed by atoms with Crippen LogP contribution in [0.4, 0.5) is 5.69 Å². The lowest BCUT2D eigenvalue weighted by Crippen LogP contribution is -2.33. The van der Waals surface area contributed by atoms with Crippen LogP contribution in [0.25, 0.3) is 0 Å². The summed E-state index contributed by atoms with van der Waals surface area (Å²) in [5, 5.41) is 2.30. The third kappa shape index (κ3) is 3.10. The third-order valence-corrected chi connectivity index (χ3v) is 3.96. The Balaban J connectivity index is 1.70. The van der Waals surface area contributed by atoms with E-state index in [9.17, 15) is 9.59 Å². The maximum atomic E-state index is 12.2. The van der Waals surface area contributed by atoms with Gasteiger partial charge in [-0.2, -0.15) is 4.99 Å². The number of thioether (sulfide) groups is 1. The molecule has 0 saturated heterocycles. The van der Waals surface area contributed by atoms with Crippen LogP contribution in [0.15, 0.2) is 23.2 Å². The van der Waals surface area contributed by atoms with Crippen LogP contribution >= 0.6 is 11.8 Å². The van der Waals surface area contributed by atoms with Gasteiger partial charge >= 0.3 is 0 Å². The summed E-state index contributed by atoms with van der Waals surface area (Å²) in [6.07, 6.45) is 0.0434. The maximum absolute atomic E-state index is 12.2. The molecule has 0 aliphatic carbocycles. The number of benzene rings is 1. The van der Waals surface area contributed by atoms with E-state index in [1.807, 2.05) is 0 Å². The summed E-state index contributed by atoms with van der Waals surface area (Å²) in [6, 6.07) is 5.15. The zero-order chi connectivity index (χ0) is 14.8. The first-order valence-electron chi connectivity index (χ1n) is 6.36. The van der Waals surface area contributed by atoms with Gasteiger partial charge in [-0.15, -0.1) is 0 Å². The molecular formula is C13H13N3O4S. The SMILES string of the molecule is NC1=NC(=O)C[C@H](C(=O)Nc2ccc3c(c2)OCCO3)S1. The molecule has 3 rings (SSSR count). The molecule has 0 bridgehead atoms. The van der Waals surface area contributed by atoms with Gasteiger partial charge in [0.1, 0.15) is 18.5 Å². The monoisotopic (exact) mass is 307 g/mol. The molecule has 1 aromatic rings. The Labute approximate surface area is 124 Å². The van der Waals surface area contributed by atoms with E-state index >= 15 is 0 Å². The van der Waals surface area contributed by atoms with E-state index in [4.69, 9.17) is 15.2 Å². The first-order valence-corrected chi connectivity index (χ1v) is 7.24. The Morgan fingerprint density at radius 3 is 2.86 bits per heavy atom. The fourth-order valence-corrected chi connectivity index (χ4v) is 2.87. The fourth-order valence-electron chi connectivity index (χ4n) is 2.03. The molecule has 21 heavy (non-hydrogen) atoms. The van der Waals surface area contributed by atoms with Crippen LogP contribution in [-0.2, 0) is 9.59 Å². The minimum atomic E-state index is -0.566. The average Bonchev–Trinajstić information content (AvgIpc) is 2.46. The van der Waals surface area contributed by atoms with Crippen molar-refractivity contribution in [2.75, 3.05) is 18.5 Å². The number of nitrogens with two attached hydrogens (primary N) is 1. The molecule has 0 unspecified atom stereocenters. The number of aliphatic imine (C=N–C) groups is 1. The molecule has 2 heterocycles. The number of hydrogen-bond acceptors (Lipinski definition) is 6. The molecule has 1 aromatic carbocycles. The highest BCUT2D eigenvalue weighted by Gasteiger charge is 2.28. The number of carbonyl (C=O) groups excluding carboxylic acids is 2. The van der Waals surface area contributed by atoms with E-state index in [0.717, 1.165) is 11.8 Å². The molecule has 2 aliphatic heterocycles. The van der Waals surface area contributed by atoms with Crippen LogP contribution in [0.5, 0.6) is 11.5 Å². The Morgan fingerprint density at radius 2 is 2.10 bits per heavy atom. The van der Waals surface area contributed by atoms with Gasteiger partial charge in [0, 0.05) is 11.8 Å². The predicted molar refractivity (Wildman–Crippen MR) is 78.7 cm³/mol. The molecule has 0 fully saturated rings. The van der Waals surface area contributed by atoms with Crippen molar-refractivity contribution in [1.29, 1.82) is 0 Å². The van der Waals surface area contributed by atoms with Gasteiger partial charge in [-0.05, 0) is 12.1 Å². The number of rotatable bonds is 2. The molecule has 0 saturated carbocycles. The van der Waals surface area contributed by atoms with Gasteiger partial charge in [0.05, 0.1) is 6.42 Å². The Morgan fingerprint density at radius 1 is 1.33 bits per heavy atom. The van der Waals surface area contributed by atoms with E-state index in [0.29, 0.717) is 30.4 Å². The van der Waals surface area contributed by atoms with Crippen molar-refractivity contribution >= 4 is 34.4 Å². The quantitative estimate of drug-likeness (QED) is 0.835. The second-order valence-electron chi connectivity index (χ2n) is 4.50. The second kappa shape index (κ2) is 5.65. The third-order valence-electron chi connectivity index (χ3n) is 2.96. The van der Waals surface area contributed by atoms with Gasteiger partial charge in [0.15, 0.2) is 16.7 Å². The van der Waals surface area contributed by atoms with Gasteiger partial charge in [0.25, 0.3) is 0 Å². The van der Waals surface area contributed by atoms with Crippen LogP contribution in [0.1, 0.15) is 6.42 Å². The van der Waals surface area contributed by atoms with Crippen molar-refractivity contribution < 1.29 is 19.1 Å². The minimum absolute atomic E-state index is 0.0434. The molecule has 0 aromatic heterocycles. The Hall–Kier alpha value is -2.22. The summed E-state index contributed by atoms with van der Waals surface area (Å²) in [5.74, 6) is 0.571. The number of nitrogens with one attached hydrogen (secondary N) is 1. The number of ether oxygens (including phenoxy) is 2. The van der Waals surface area contributed by atoms with E-state index in [-0.39, 0.29) is 23.4 Å². The number of anilines is 1. The van der Waals surface area contributed by atoms with Crippen molar-refractivity contribution in [3.63, 3.8) is 0 Å². The normalized spacial score (nSPS) is 20.7. The first kappa shape index (κ1) is 13.7. The molecule has 0 spiro atoms. The smallest absolute Gasteiger partial charge is 0.249 e. The highest BCUT2D eigenvalue weighted by atomic mass is 32.2. The van der Waals surface area contributed by atoms with E-state index in [2.05, 4.69) is 10.3 Å². The molecule has 8 heteroatoms. The van der Waals surface area contributed by atoms with Crippen molar-refractivity contribution in [2.24, 2.45) is 10.7 Å². The average molecular weight is 307 g/mol. The van der Waals surface area contributed by atoms with Crippen molar-refractivity contribution in [3.05, 3.63) is 18.2 Å². The highest BCUT2D eigenvalue weighted by molar-refractivity contribution is 8.15. The number of hydrogen-bond donors (Lipinski definition) is 2. The van der Waals surface area contributed by atoms with Crippen LogP contribution in [0.2, 0.25) is 0 Å². The minimum Gasteiger partial charge on any atom is -0.486 e. The van der Waals surface area contributed by atoms with Gasteiger partial charge in [-0.25, -0.2) is 0 Å². The summed E-state index contributed by atoms with van der Waals surface area (Å²) in [4.78, 5) is 27.1. The van der Waals surface area contributed by atoms with Gasteiger partial charge in [-0.1, -0.05) is 11.8 Å². The van der Waals surface area contributed by atoms with E-state index < -0.39 is 5.25 Å². The molecular weight excluding hydrogens is 294 g/mol. The lowest BCUT2D eigenvalue weighted by Gasteiger charge is -2.20. The van der Waals surface area contributed by atoms with Crippen molar-refractivity contribution in [2.45, 2.75) is 11.7 Å². The standard InChI is InChI=1S/C13H13N3O4S/c14-13-16-11(17)6-10(21-13)12(18)15-7-1-2-8-9(5-7)20-4-3-19-8/h1-2,5,10H,3-4,6H2,(H,15,18)(H2,14,16,17)/t10-/m1/s1. The second-order valence-corrected chi connectivity index (χ2v) is 5.73. The number of nitrogens with zero attached hydrogens (tertiary/aromatic N) is 1. The molecule has 2 aliphatic rings. The number of carbonyl (C=O) groups is 2. The van der Waals surface area contributed by atoms with Crippen LogP contribution in [0.3, 0.4) is 0 Å². The van der Waals surface area contributed by atoms with Gasteiger partial charge in [-0.3, -0.25) is 9.59 Å². The van der Waals surface area contributed by atoms with Crippen LogP contribution in [0, 0.1) is 0 Å². The fraction of sp³-hybridized carbons (Fsp3) is 0.308. The van der Waals surface area contributed by atoms with Gasteiger partial charge < -0.3 is 20.5 Å². The number of amides is 2. The van der Waals surface area contributed by atoms with Gasteiger partial charge in [0.2, 0.25) is 11.8 Å². The highest BCUT2D eigenvalue weighted by Crippen LogP contribution is 2.33. The zero-order valence-electron chi connectivity index (χ0n) is 11.0. The summed E-state index contributed by atoms with van der Waals surface area (Å²) in [7, 11) is 0. The summed E-state index contributed by atoms with van der Waals surface area (Å²) in [6.45, 7) is 0.989. The number of fused-ring (bicyclic) bond motifs is 1. The summed E-state index contributed by atoms with van der Waals surface area (Å²) in [5.41, 5.74) is 6.10. The number of amidine groups is 1. The molecule has 1 atom stereocenters. The molecule has 2 amide bonds. The van der Waals surface area contributed by atoms with E-state index in [1.165, 1.54) is 0 Å². The topological polar surface area (TPSA) is 103 Å². The summed E-state index contributed by atoms with van der Waals surface area (Å²) < 4.78 is 10.9. The first-order chi connectivity index (χ1) is 10.1. The van der Waals surface area contributed by atoms with Crippen molar-refractivity contribution in [1.82, 2.24) is 0 Å². The molecule has 0 radical (unpaired) electrons. The molecule has 3 N–H and O–H groups in total. The largest absolute Gasteiger partial charge is 0.486 e. The zero-order valence-corrected chi connectivity index (χ0v) is 11.8. The van der Waals surface area contributed by atoms with Crippen LogP contribution in [-0.4, -0.2) is 35.4 Å². The lowest BCUT2D eigenvalue weighted by atomic mass is 10.2. The maximum Gasteiger partial charge on any atom is 0.249 e. The van der Waals surface area contributed by atoms with Crippen molar-refractivity contribution in [3.8, 4) is 11.5 Å². The predicted octanol–water partition coefficient (Wildman–Crippen LogP) is 0.743. The molecule has 7 nitrogen and oxygen atoms in total. The van der Waals surface area contributed by atoms with Crippen LogP contribution < -0.4 is 20.5 Å². The molecule has 110 valence electrons.